The van der Waals surface area contributed by atoms with Crippen molar-refractivity contribution in [3.63, 3.8) is 0 Å². The molecule has 1 heterocycles. The fourth-order valence-electron chi connectivity index (χ4n) is 2.13. The van der Waals surface area contributed by atoms with Crippen molar-refractivity contribution in [2.24, 2.45) is 5.73 Å². The number of Topliss-reactive ketones (excluding diaryl/α,β-unsaturated/α-hetero) is 1. The van der Waals surface area contributed by atoms with Crippen LogP contribution in [0.25, 0.3) is 0 Å². The summed E-state index contributed by atoms with van der Waals surface area (Å²) in [5.74, 6) is -0.187. The van der Waals surface area contributed by atoms with E-state index in [0.29, 0.717) is 19.4 Å². The molecule has 1 saturated heterocycles. The van der Waals surface area contributed by atoms with Gasteiger partial charge in [0.05, 0.1) is 12.1 Å². The van der Waals surface area contributed by atoms with Crippen molar-refractivity contribution in [3.8, 4) is 0 Å². The van der Waals surface area contributed by atoms with E-state index in [2.05, 4.69) is 0 Å². The topological polar surface area (TPSA) is 83.6 Å². The number of carbonyl (C=O) groups excluding carboxylic acids is 1. The van der Waals surface area contributed by atoms with Crippen LogP contribution in [0, 0.1) is 0 Å². The van der Waals surface area contributed by atoms with Crippen LogP contribution in [0.4, 0.5) is 4.79 Å². The number of carboxylic acid groups (broad SMARTS) is 1. The number of nitrogens with two attached hydrogens (primary N) is 1. The van der Waals surface area contributed by atoms with Crippen LogP contribution in [0.3, 0.4) is 0 Å². The molecule has 1 amide bonds. The Morgan fingerprint density at radius 1 is 1.39 bits per heavy atom. The number of amides is 1. The van der Waals surface area contributed by atoms with Crippen LogP contribution in [0.2, 0.25) is 0 Å². The maximum Gasteiger partial charge on any atom is 0.407 e. The molecule has 1 fully saturated rings. The molecule has 1 unspecified atom stereocenters. The maximum atomic E-state index is 12.0. The Morgan fingerprint density at radius 2 is 2.06 bits per heavy atom. The molecule has 0 radical (unpaired) electrons. The summed E-state index contributed by atoms with van der Waals surface area (Å²) >= 11 is 0. The molecule has 0 aliphatic carbocycles. The van der Waals surface area contributed by atoms with Crippen molar-refractivity contribution in [1.82, 2.24) is 4.90 Å². The number of hydrogen-bond donors (Lipinski definition) is 2. The van der Waals surface area contributed by atoms with E-state index in [9.17, 15) is 9.59 Å². The van der Waals surface area contributed by atoms with Crippen molar-refractivity contribution in [1.29, 1.82) is 0 Å². The lowest BCUT2D eigenvalue weighted by atomic mass is 9.92. The van der Waals surface area contributed by atoms with Crippen molar-refractivity contribution in [2.75, 3.05) is 6.54 Å². The van der Waals surface area contributed by atoms with Crippen LogP contribution in [0.5, 0.6) is 0 Å². The number of nitrogens with zero attached hydrogens (tertiary/aromatic N) is 1. The molecule has 0 spiro atoms. The summed E-state index contributed by atoms with van der Waals surface area (Å²) in [5.41, 5.74) is 6.84. The van der Waals surface area contributed by atoms with Gasteiger partial charge in [-0.05, 0) is 18.4 Å². The Morgan fingerprint density at radius 3 is 2.56 bits per heavy atom. The van der Waals surface area contributed by atoms with Gasteiger partial charge in [0, 0.05) is 6.54 Å². The van der Waals surface area contributed by atoms with E-state index < -0.39 is 18.2 Å². The molecule has 18 heavy (non-hydrogen) atoms. The number of carbonyl (C=O) groups is 2. The first kappa shape index (κ1) is 12.6. The standard InChI is InChI=1S/C13H16N2O3/c14-10(8-9-4-2-1-3-5-9)12(16)11-6-7-15(11)13(17)18/h1-5,10-11H,6-8,14H2,(H,17,18)/t10-,11?/m0/s1. The molecule has 1 aromatic rings. The van der Waals surface area contributed by atoms with Gasteiger partial charge in [-0.3, -0.25) is 9.69 Å². The summed E-state index contributed by atoms with van der Waals surface area (Å²) in [6.45, 7) is 0.420. The molecule has 2 rings (SSSR count). The fourth-order valence-corrected chi connectivity index (χ4v) is 2.13. The SMILES string of the molecule is N[C@@H](Cc1ccccc1)C(=O)C1CCN1C(=O)O. The van der Waals surface area contributed by atoms with Gasteiger partial charge in [-0.2, -0.15) is 0 Å². The molecule has 1 aliphatic rings. The predicted molar refractivity (Wildman–Crippen MR) is 66.3 cm³/mol. The smallest absolute Gasteiger partial charge is 0.407 e. The molecule has 5 nitrogen and oxygen atoms in total. The number of ketones is 1. The molecule has 2 atom stereocenters. The van der Waals surface area contributed by atoms with E-state index in [4.69, 9.17) is 10.8 Å². The van der Waals surface area contributed by atoms with Gasteiger partial charge in [0.15, 0.2) is 5.78 Å². The summed E-state index contributed by atoms with van der Waals surface area (Å²) in [6, 6.07) is 8.29. The number of rotatable bonds is 4. The van der Waals surface area contributed by atoms with Gasteiger partial charge in [0.2, 0.25) is 0 Å². The van der Waals surface area contributed by atoms with Gasteiger partial charge < -0.3 is 10.8 Å². The van der Waals surface area contributed by atoms with E-state index in [0.717, 1.165) is 10.5 Å². The quantitative estimate of drug-likeness (QED) is 0.828. The summed E-state index contributed by atoms with van der Waals surface area (Å²) < 4.78 is 0. The van der Waals surface area contributed by atoms with E-state index in [1.54, 1.807) is 0 Å². The largest absolute Gasteiger partial charge is 0.465 e. The van der Waals surface area contributed by atoms with Crippen LogP contribution in [-0.2, 0) is 11.2 Å². The molecule has 0 aromatic heterocycles. The lowest BCUT2D eigenvalue weighted by Crippen LogP contribution is -2.58. The minimum absolute atomic E-state index is 0.187. The van der Waals surface area contributed by atoms with Gasteiger partial charge in [0.1, 0.15) is 0 Å². The average molecular weight is 248 g/mol. The maximum absolute atomic E-state index is 12.0. The highest BCUT2D eigenvalue weighted by atomic mass is 16.4. The molecule has 96 valence electrons. The van der Waals surface area contributed by atoms with Crippen LogP contribution >= 0.6 is 0 Å². The Hall–Kier alpha value is -1.88. The van der Waals surface area contributed by atoms with Crippen LogP contribution < -0.4 is 5.73 Å². The first-order chi connectivity index (χ1) is 8.59. The molecule has 0 bridgehead atoms. The molecule has 5 heteroatoms. The van der Waals surface area contributed by atoms with E-state index in [1.807, 2.05) is 30.3 Å². The third kappa shape index (κ3) is 2.51. The summed E-state index contributed by atoms with van der Waals surface area (Å²) in [5, 5.41) is 8.86. The Kier molecular flexibility index (Phi) is 3.62. The first-order valence-corrected chi connectivity index (χ1v) is 5.92. The molecular formula is C13H16N2O3. The zero-order valence-electron chi connectivity index (χ0n) is 9.95. The number of hydrogen-bond acceptors (Lipinski definition) is 3. The summed E-state index contributed by atoms with van der Waals surface area (Å²) in [7, 11) is 0. The molecular weight excluding hydrogens is 232 g/mol. The Balaban J connectivity index is 1.95. The molecule has 1 aromatic carbocycles. The highest BCUT2D eigenvalue weighted by Gasteiger charge is 2.39. The Bertz CT molecular complexity index is 447. The van der Waals surface area contributed by atoms with Crippen LogP contribution in [0.1, 0.15) is 12.0 Å². The van der Waals surface area contributed by atoms with E-state index >= 15 is 0 Å². The third-order valence-corrected chi connectivity index (χ3v) is 3.26. The lowest BCUT2D eigenvalue weighted by molar-refractivity contribution is -0.128. The van der Waals surface area contributed by atoms with E-state index in [1.165, 1.54) is 0 Å². The van der Waals surface area contributed by atoms with Crippen molar-refractivity contribution < 1.29 is 14.7 Å². The van der Waals surface area contributed by atoms with Crippen LogP contribution in [0.15, 0.2) is 30.3 Å². The summed E-state index contributed by atoms with van der Waals surface area (Å²) in [4.78, 5) is 24.0. The highest BCUT2D eigenvalue weighted by molar-refractivity contribution is 5.92. The molecule has 3 N–H and O–H groups in total. The monoisotopic (exact) mass is 248 g/mol. The van der Waals surface area contributed by atoms with Crippen molar-refractivity contribution >= 4 is 11.9 Å². The van der Waals surface area contributed by atoms with Gasteiger partial charge in [-0.1, -0.05) is 30.3 Å². The number of likely N-dealkylation sites (tertiary alicyclic amines) is 1. The summed E-state index contributed by atoms with van der Waals surface area (Å²) in [6.07, 6.45) is -0.0245. The second-order valence-corrected chi connectivity index (χ2v) is 4.48. The molecule has 1 aliphatic heterocycles. The Labute approximate surface area is 105 Å². The zero-order valence-corrected chi connectivity index (χ0v) is 9.95. The third-order valence-electron chi connectivity index (χ3n) is 3.26. The lowest BCUT2D eigenvalue weighted by Gasteiger charge is -2.38. The second kappa shape index (κ2) is 5.18. The van der Waals surface area contributed by atoms with Gasteiger partial charge in [0.25, 0.3) is 0 Å². The van der Waals surface area contributed by atoms with Gasteiger partial charge in [-0.25, -0.2) is 4.79 Å². The second-order valence-electron chi connectivity index (χ2n) is 4.48. The average Bonchev–Trinajstić information content (AvgIpc) is 2.27. The number of benzene rings is 1. The predicted octanol–water partition coefficient (Wildman–Crippen LogP) is 0.878. The zero-order chi connectivity index (χ0) is 13.1. The van der Waals surface area contributed by atoms with E-state index in [-0.39, 0.29) is 5.78 Å². The molecule has 0 saturated carbocycles. The minimum Gasteiger partial charge on any atom is -0.465 e. The van der Waals surface area contributed by atoms with Gasteiger partial charge in [-0.15, -0.1) is 0 Å². The van der Waals surface area contributed by atoms with Crippen molar-refractivity contribution in [2.45, 2.75) is 24.9 Å². The highest BCUT2D eigenvalue weighted by Crippen LogP contribution is 2.20. The minimum atomic E-state index is -1.05. The fraction of sp³-hybridized carbons (Fsp3) is 0.385. The van der Waals surface area contributed by atoms with Gasteiger partial charge >= 0.3 is 6.09 Å². The van der Waals surface area contributed by atoms with Crippen molar-refractivity contribution in [3.05, 3.63) is 35.9 Å². The normalized spacial score (nSPS) is 20.1. The first-order valence-electron chi connectivity index (χ1n) is 5.92. The van der Waals surface area contributed by atoms with Crippen LogP contribution in [-0.4, -0.2) is 40.5 Å².